The van der Waals surface area contributed by atoms with Gasteiger partial charge >= 0.3 is 0 Å². The molecule has 0 aliphatic heterocycles. The highest BCUT2D eigenvalue weighted by atomic mass is 32.2. The fraction of sp³-hybridized carbons (Fsp3) is 0.500. The van der Waals surface area contributed by atoms with E-state index in [1.165, 1.54) is 25.7 Å². The molecule has 0 bridgehead atoms. The number of methoxy groups -OCH3 is 1. The first kappa shape index (κ1) is 20.9. The Labute approximate surface area is 180 Å². The van der Waals surface area contributed by atoms with Crippen molar-refractivity contribution in [2.45, 2.75) is 56.3 Å². The molecular formula is C22H28N4O3S. The molecule has 1 N–H and O–H groups in total. The highest BCUT2D eigenvalue weighted by molar-refractivity contribution is 7.98. The number of ether oxygens (including phenoxy) is 1. The van der Waals surface area contributed by atoms with E-state index in [2.05, 4.69) is 20.1 Å². The summed E-state index contributed by atoms with van der Waals surface area (Å²) < 4.78 is 13.4. The monoisotopic (exact) mass is 428 g/mol. The molecule has 0 radical (unpaired) electrons. The Kier molecular flexibility index (Phi) is 6.74. The molecule has 0 atom stereocenters. The largest absolute Gasteiger partial charge is 0.451 e. The number of thioether (sulfide) groups is 1. The van der Waals surface area contributed by atoms with Crippen LogP contribution in [0.1, 0.15) is 60.1 Å². The summed E-state index contributed by atoms with van der Waals surface area (Å²) >= 11 is 1.65. The summed E-state index contributed by atoms with van der Waals surface area (Å²) in [4.78, 5) is 12.8. The van der Waals surface area contributed by atoms with Crippen molar-refractivity contribution in [2.24, 2.45) is 0 Å². The summed E-state index contributed by atoms with van der Waals surface area (Å²) in [6.07, 6.45) is 8.57. The molecule has 0 unspecified atom stereocenters. The second-order valence-corrected chi connectivity index (χ2v) is 8.38. The van der Waals surface area contributed by atoms with Crippen LogP contribution in [-0.2, 0) is 17.8 Å². The number of para-hydroxylation sites is 1. The van der Waals surface area contributed by atoms with E-state index in [1.54, 1.807) is 18.9 Å². The number of hydrogen-bond donors (Lipinski definition) is 1. The maximum absolute atomic E-state index is 12.8. The zero-order valence-corrected chi connectivity index (χ0v) is 18.3. The number of carbonyl (C=O) groups is 1. The third-order valence-corrected chi connectivity index (χ3v) is 6.31. The first-order valence-corrected chi connectivity index (χ1v) is 11.7. The van der Waals surface area contributed by atoms with Gasteiger partial charge in [0, 0.05) is 37.1 Å². The van der Waals surface area contributed by atoms with E-state index in [4.69, 9.17) is 9.15 Å². The number of nitrogens with zero attached hydrogens (tertiary/aromatic N) is 3. The molecule has 160 valence electrons. The van der Waals surface area contributed by atoms with Crippen molar-refractivity contribution in [3.8, 4) is 0 Å². The summed E-state index contributed by atoms with van der Waals surface area (Å²) in [7, 11) is 1.62. The minimum absolute atomic E-state index is 0.208. The number of aromatic nitrogens is 3. The van der Waals surface area contributed by atoms with Crippen LogP contribution in [0.2, 0.25) is 0 Å². The molecule has 2 heterocycles. The van der Waals surface area contributed by atoms with E-state index in [9.17, 15) is 4.79 Å². The molecule has 8 heteroatoms. The number of carbonyl (C=O) groups excluding carboxylic acids is 1. The molecule has 1 aliphatic rings. The van der Waals surface area contributed by atoms with E-state index in [-0.39, 0.29) is 5.91 Å². The molecule has 2 aromatic heterocycles. The van der Waals surface area contributed by atoms with Gasteiger partial charge in [-0.05, 0) is 31.6 Å². The maximum Gasteiger partial charge on any atom is 0.287 e. The second-order valence-electron chi connectivity index (χ2n) is 7.61. The Morgan fingerprint density at radius 3 is 2.87 bits per heavy atom. The van der Waals surface area contributed by atoms with Gasteiger partial charge in [0.1, 0.15) is 11.4 Å². The zero-order chi connectivity index (χ0) is 20.9. The normalized spacial score (nSPS) is 14.6. The van der Waals surface area contributed by atoms with Crippen LogP contribution >= 0.6 is 11.8 Å². The van der Waals surface area contributed by atoms with Crippen molar-refractivity contribution >= 4 is 28.6 Å². The van der Waals surface area contributed by atoms with Crippen molar-refractivity contribution in [3.05, 3.63) is 41.4 Å². The summed E-state index contributed by atoms with van der Waals surface area (Å²) in [6.45, 7) is 0.885. The molecule has 1 saturated carbocycles. The van der Waals surface area contributed by atoms with Gasteiger partial charge in [-0.2, -0.15) is 0 Å². The van der Waals surface area contributed by atoms with Gasteiger partial charge in [0.25, 0.3) is 5.91 Å². The average Bonchev–Trinajstić information content (AvgIpc) is 3.49. The van der Waals surface area contributed by atoms with E-state index in [0.717, 1.165) is 34.8 Å². The SMILES string of the molecule is COCc1c(C(=O)NCCCc2nnc(SC)n2C2CCCC2)oc2ccccc12. The van der Waals surface area contributed by atoms with Crippen LogP contribution in [-0.4, -0.2) is 40.6 Å². The minimum Gasteiger partial charge on any atom is -0.451 e. The predicted octanol–water partition coefficient (Wildman–Crippen LogP) is 4.37. The molecule has 0 spiro atoms. The number of rotatable bonds is 9. The molecule has 3 aromatic rings. The van der Waals surface area contributed by atoms with Crippen LogP contribution in [0.3, 0.4) is 0 Å². The van der Waals surface area contributed by atoms with Gasteiger partial charge in [0.15, 0.2) is 10.9 Å². The Bertz CT molecular complexity index is 1010. The zero-order valence-electron chi connectivity index (χ0n) is 17.5. The second kappa shape index (κ2) is 9.66. The van der Waals surface area contributed by atoms with Gasteiger partial charge in [0.2, 0.25) is 0 Å². The number of nitrogens with one attached hydrogen (secondary N) is 1. The summed E-state index contributed by atoms with van der Waals surface area (Å²) in [5, 5.41) is 13.7. The lowest BCUT2D eigenvalue weighted by Crippen LogP contribution is -2.25. The number of furan rings is 1. The first-order chi connectivity index (χ1) is 14.7. The summed E-state index contributed by atoms with van der Waals surface area (Å²) in [5.41, 5.74) is 1.49. The summed E-state index contributed by atoms with van der Waals surface area (Å²) in [6, 6.07) is 8.16. The van der Waals surface area contributed by atoms with Gasteiger partial charge in [-0.25, -0.2) is 0 Å². The van der Waals surface area contributed by atoms with Gasteiger partial charge in [-0.3, -0.25) is 4.79 Å². The molecular weight excluding hydrogens is 400 g/mol. The maximum atomic E-state index is 12.8. The quantitative estimate of drug-likeness (QED) is 0.403. The first-order valence-electron chi connectivity index (χ1n) is 10.5. The molecule has 1 aliphatic carbocycles. The van der Waals surface area contributed by atoms with Crippen LogP contribution in [0, 0.1) is 0 Å². The van der Waals surface area contributed by atoms with Crippen molar-refractivity contribution in [2.75, 3.05) is 19.9 Å². The van der Waals surface area contributed by atoms with E-state index in [0.29, 0.717) is 30.5 Å². The Hall–Kier alpha value is -2.32. The van der Waals surface area contributed by atoms with Crippen molar-refractivity contribution in [3.63, 3.8) is 0 Å². The van der Waals surface area contributed by atoms with Gasteiger partial charge in [0.05, 0.1) is 6.61 Å². The summed E-state index contributed by atoms with van der Waals surface area (Å²) in [5.74, 6) is 1.14. The Morgan fingerprint density at radius 2 is 2.10 bits per heavy atom. The molecule has 4 rings (SSSR count). The molecule has 0 saturated heterocycles. The Morgan fingerprint density at radius 1 is 1.30 bits per heavy atom. The molecule has 7 nitrogen and oxygen atoms in total. The van der Waals surface area contributed by atoms with Crippen LogP contribution in [0.5, 0.6) is 0 Å². The molecule has 1 amide bonds. The fourth-order valence-corrected chi connectivity index (χ4v) is 4.82. The third kappa shape index (κ3) is 4.25. The van der Waals surface area contributed by atoms with Gasteiger partial charge in [-0.15, -0.1) is 10.2 Å². The molecule has 30 heavy (non-hydrogen) atoms. The topological polar surface area (TPSA) is 82.2 Å². The Balaban J connectivity index is 1.39. The lowest BCUT2D eigenvalue weighted by molar-refractivity contribution is 0.0921. The van der Waals surface area contributed by atoms with Crippen LogP contribution < -0.4 is 5.32 Å². The average molecular weight is 429 g/mol. The smallest absolute Gasteiger partial charge is 0.287 e. The third-order valence-electron chi connectivity index (χ3n) is 5.66. The van der Waals surface area contributed by atoms with E-state index < -0.39 is 0 Å². The minimum atomic E-state index is -0.208. The standard InChI is InChI=1S/C22H28N4O3S/c1-28-14-17-16-10-5-6-11-18(16)29-20(17)21(27)23-13-7-12-19-24-25-22(30-2)26(19)15-8-3-4-9-15/h5-6,10-11,15H,3-4,7-9,12-14H2,1-2H3,(H,23,27). The molecule has 1 fully saturated rings. The number of hydrogen-bond acceptors (Lipinski definition) is 6. The lowest BCUT2D eigenvalue weighted by Gasteiger charge is -2.16. The van der Waals surface area contributed by atoms with Crippen LogP contribution in [0.15, 0.2) is 33.8 Å². The number of amides is 1. The number of fused-ring (bicyclic) bond motifs is 1. The molecule has 1 aromatic carbocycles. The fourth-order valence-electron chi connectivity index (χ4n) is 4.24. The van der Waals surface area contributed by atoms with Gasteiger partial charge in [-0.1, -0.05) is 42.8 Å². The van der Waals surface area contributed by atoms with E-state index >= 15 is 0 Å². The van der Waals surface area contributed by atoms with E-state index in [1.807, 2.05) is 30.5 Å². The number of aryl methyl sites for hydroxylation is 1. The van der Waals surface area contributed by atoms with Crippen molar-refractivity contribution < 1.29 is 13.9 Å². The lowest BCUT2D eigenvalue weighted by atomic mass is 10.1. The van der Waals surface area contributed by atoms with Gasteiger partial charge < -0.3 is 19.0 Å². The highest BCUT2D eigenvalue weighted by Gasteiger charge is 2.24. The predicted molar refractivity (Wildman–Crippen MR) is 117 cm³/mol. The number of benzene rings is 1. The van der Waals surface area contributed by atoms with Crippen molar-refractivity contribution in [1.29, 1.82) is 0 Å². The van der Waals surface area contributed by atoms with Crippen LogP contribution in [0.4, 0.5) is 0 Å². The van der Waals surface area contributed by atoms with Crippen LogP contribution in [0.25, 0.3) is 11.0 Å². The van der Waals surface area contributed by atoms with Crippen molar-refractivity contribution in [1.82, 2.24) is 20.1 Å². The highest BCUT2D eigenvalue weighted by Crippen LogP contribution is 2.33.